The van der Waals surface area contributed by atoms with Crippen LogP contribution in [0.5, 0.6) is 0 Å². The molecule has 0 radical (unpaired) electrons. The van der Waals surface area contributed by atoms with Gasteiger partial charge in [-0.2, -0.15) is 0 Å². The van der Waals surface area contributed by atoms with E-state index in [9.17, 15) is 0 Å². The number of benzene rings is 1. The molecule has 1 heterocycles. The molecule has 16 heavy (non-hydrogen) atoms. The summed E-state index contributed by atoms with van der Waals surface area (Å²) < 4.78 is 0. The summed E-state index contributed by atoms with van der Waals surface area (Å²) in [6.07, 6.45) is 2.70. The van der Waals surface area contributed by atoms with Crippen molar-refractivity contribution in [1.29, 1.82) is 0 Å². The van der Waals surface area contributed by atoms with E-state index in [0.717, 1.165) is 17.9 Å². The van der Waals surface area contributed by atoms with E-state index in [2.05, 4.69) is 41.5 Å². The molecular formula is C13H15N3. The van der Waals surface area contributed by atoms with Crippen molar-refractivity contribution in [2.24, 2.45) is 0 Å². The molecule has 0 amide bonds. The summed E-state index contributed by atoms with van der Waals surface area (Å²) in [6.45, 7) is 2.14. The summed E-state index contributed by atoms with van der Waals surface area (Å²) in [5, 5.41) is 3.22. The zero-order valence-electron chi connectivity index (χ0n) is 9.27. The van der Waals surface area contributed by atoms with Crippen LogP contribution in [0, 0.1) is 0 Å². The van der Waals surface area contributed by atoms with Crippen LogP contribution in [0.25, 0.3) is 0 Å². The first kappa shape index (κ1) is 10.5. The number of rotatable bonds is 3. The Kier molecular flexibility index (Phi) is 3.05. The van der Waals surface area contributed by atoms with E-state index < -0.39 is 0 Å². The van der Waals surface area contributed by atoms with Gasteiger partial charge in [-0.15, -0.1) is 0 Å². The van der Waals surface area contributed by atoms with E-state index in [-0.39, 0.29) is 0 Å². The van der Waals surface area contributed by atoms with Gasteiger partial charge in [-0.1, -0.05) is 19.1 Å². The van der Waals surface area contributed by atoms with Gasteiger partial charge in [-0.25, -0.2) is 4.98 Å². The summed E-state index contributed by atoms with van der Waals surface area (Å²) >= 11 is 0. The largest absolute Gasteiger partial charge is 0.397 e. The Labute approximate surface area is 95.3 Å². The Hall–Kier alpha value is -2.03. The molecule has 0 atom stereocenters. The van der Waals surface area contributed by atoms with Crippen molar-refractivity contribution in [3.05, 3.63) is 48.2 Å². The molecule has 3 heteroatoms. The molecule has 0 aliphatic heterocycles. The number of nitrogen functional groups attached to an aromatic ring is 1. The van der Waals surface area contributed by atoms with E-state index in [1.54, 1.807) is 6.20 Å². The third-order valence-electron chi connectivity index (χ3n) is 2.42. The Morgan fingerprint density at radius 3 is 2.44 bits per heavy atom. The summed E-state index contributed by atoms with van der Waals surface area (Å²) in [5.74, 6) is 0.804. The number of nitrogens with zero attached hydrogens (tertiary/aromatic N) is 1. The van der Waals surface area contributed by atoms with Crippen molar-refractivity contribution in [3.63, 3.8) is 0 Å². The van der Waals surface area contributed by atoms with Crippen LogP contribution >= 0.6 is 0 Å². The molecule has 0 saturated carbocycles. The number of aromatic nitrogens is 1. The molecular weight excluding hydrogens is 198 g/mol. The average Bonchev–Trinajstić information content (AvgIpc) is 2.33. The normalized spacial score (nSPS) is 10.1. The zero-order valence-corrected chi connectivity index (χ0v) is 9.27. The number of aryl methyl sites for hydroxylation is 1. The van der Waals surface area contributed by atoms with Crippen LogP contribution in [0.3, 0.4) is 0 Å². The van der Waals surface area contributed by atoms with Crippen LogP contribution in [0.2, 0.25) is 0 Å². The molecule has 0 saturated heterocycles. The maximum absolute atomic E-state index is 5.57. The van der Waals surface area contributed by atoms with Crippen LogP contribution in [0.4, 0.5) is 17.2 Å². The van der Waals surface area contributed by atoms with E-state index in [4.69, 9.17) is 5.73 Å². The Morgan fingerprint density at radius 1 is 1.12 bits per heavy atom. The third kappa shape index (κ3) is 2.51. The molecule has 0 spiro atoms. The van der Waals surface area contributed by atoms with E-state index >= 15 is 0 Å². The van der Waals surface area contributed by atoms with Gasteiger partial charge in [-0.05, 0) is 36.2 Å². The molecule has 3 nitrogen and oxygen atoms in total. The highest BCUT2D eigenvalue weighted by Gasteiger charge is 1.95. The van der Waals surface area contributed by atoms with Crippen LogP contribution in [0.15, 0.2) is 42.6 Å². The van der Waals surface area contributed by atoms with Gasteiger partial charge in [0.25, 0.3) is 0 Å². The molecule has 82 valence electrons. The average molecular weight is 213 g/mol. The highest BCUT2D eigenvalue weighted by Crippen LogP contribution is 2.15. The molecule has 1 aromatic carbocycles. The van der Waals surface area contributed by atoms with Gasteiger partial charge in [0.05, 0.1) is 11.9 Å². The van der Waals surface area contributed by atoms with Crippen molar-refractivity contribution in [2.75, 3.05) is 11.1 Å². The van der Waals surface area contributed by atoms with Crippen molar-refractivity contribution >= 4 is 17.2 Å². The second-order valence-corrected chi connectivity index (χ2v) is 3.65. The maximum atomic E-state index is 5.57. The lowest BCUT2D eigenvalue weighted by Crippen LogP contribution is -1.94. The Bertz CT molecular complexity index is 446. The first-order valence-corrected chi connectivity index (χ1v) is 5.35. The summed E-state index contributed by atoms with van der Waals surface area (Å²) in [5.41, 5.74) is 8.61. The van der Waals surface area contributed by atoms with Crippen molar-refractivity contribution in [1.82, 2.24) is 4.98 Å². The molecule has 0 aliphatic rings. The fraction of sp³-hybridized carbons (Fsp3) is 0.154. The van der Waals surface area contributed by atoms with Gasteiger partial charge in [-0.3, -0.25) is 0 Å². The zero-order chi connectivity index (χ0) is 11.4. The maximum Gasteiger partial charge on any atom is 0.130 e. The monoisotopic (exact) mass is 213 g/mol. The van der Waals surface area contributed by atoms with Gasteiger partial charge in [0.15, 0.2) is 0 Å². The minimum atomic E-state index is 0.673. The minimum Gasteiger partial charge on any atom is -0.397 e. The van der Waals surface area contributed by atoms with Crippen LogP contribution in [0.1, 0.15) is 12.5 Å². The quantitative estimate of drug-likeness (QED) is 0.824. The van der Waals surface area contributed by atoms with Gasteiger partial charge in [0.1, 0.15) is 5.82 Å². The van der Waals surface area contributed by atoms with Gasteiger partial charge < -0.3 is 11.1 Å². The topological polar surface area (TPSA) is 50.9 Å². The molecule has 2 rings (SSSR count). The number of nitrogens with one attached hydrogen (secondary N) is 1. The number of hydrogen-bond acceptors (Lipinski definition) is 3. The van der Waals surface area contributed by atoms with Crippen molar-refractivity contribution in [2.45, 2.75) is 13.3 Å². The Balaban J connectivity index is 2.11. The predicted molar refractivity (Wildman–Crippen MR) is 67.8 cm³/mol. The molecule has 3 N–H and O–H groups in total. The highest BCUT2D eigenvalue weighted by molar-refractivity contribution is 5.57. The lowest BCUT2D eigenvalue weighted by atomic mass is 10.1. The standard InChI is InChI=1S/C13H15N3/c1-2-10-3-6-12(7-4-10)16-13-8-5-11(14)9-15-13/h3-9H,2,14H2,1H3,(H,15,16). The second kappa shape index (κ2) is 4.66. The number of nitrogens with two attached hydrogens (primary N) is 1. The van der Waals surface area contributed by atoms with Crippen molar-refractivity contribution in [3.8, 4) is 0 Å². The SMILES string of the molecule is CCc1ccc(Nc2ccc(N)cn2)cc1. The van der Waals surface area contributed by atoms with E-state index in [1.165, 1.54) is 5.56 Å². The van der Waals surface area contributed by atoms with Crippen molar-refractivity contribution < 1.29 is 0 Å². The molecule has 2 aromatic rings. The lowest BCUT2D eigenvalue weighted by molar-refractivity contribution is 1.14. The van der Waals surface area contributed by atoms with E-state index in [0.29, 0.717) is 5.69 Å². The van der Waals surface area contributed by atoms with Gasteiger partial charge >= 0.3 is 0 Å². The Morgan fingerprint density at radius 2 is 1.88 bits per heavy atom. The lowest BCUT2D eigenvalue weighted by Gasteiger charge is -2.06. The highest BCUT2D eigenvalue weighted by atomic mass is 15.0. The molecule has 0 fully saturated rings. The van der Waals surface area contributed by atoms with Gasteiger partial charge in [0, 0.05) is 5.69 Å². The number of anilines is 3. The fourth-order valence-corrected chi connectivity index (χ4v) is 1.45. The number of pyridine rings is 1. The fourth-order valence-electron chi connectivity index (χ4n) is 1.45. The first-order chi connectivity index (χ1) is 7.78. The first-order valence-electron chi connectivity index (χ1n) is 5.35. The molecule has 0 bridgehead atoms. The smallest absolute Gasteiger partial charge is 0.130 e. The third-order valence-corrected chi connectivity index (χ3v) is 2.42. The summed E-state index contributed by atoms with van der Waals surface area (Å²) in [6, 6.07) is 12.0. The summed E-state index contributed by atoms with van der Waals surface area (Å²) in [4.78, 5) is 4.18. The van der Waals surface area contributed by atoms with Gasteiger partial charge in [0.2, 0.25) is 0 Å². The molecule has 0 unspecified atom stereocenters. The second-order valence-electron chi connectivity index (χ2n) is 3.65. The predicted octanol–water partition coefficient (Wildman–Crippen LogP) is 2.97. The summed E-state index contributed by atoms with van der Waals surface area (Å²) in [7, 11) is 0. The van der Waals surface area contributed by atoms with Crippen LogP contribution in [-0.4, -0.2) is 4.98 Å². The minimum absolute atomic E-state index is 0.673. The van der Waals surface area contributed by atoms with Crippen LogP contribution < -0.4 is 11.1 Å². The molecule has 0 aliphatic carbocycles. The van der Waals surface area contributed by atoms with E-state index in [1.807, 2.05) is 12.1 Å². The van der Waals surface area contributed by atoms with Crippen LogP contribution in [-0.2, 0) is 6.42 Å². The number of hydrogen-bond donors (Lipinski definition) is 2. The molecule has 1 aromatic heterocycles.